The van der Waals surface area contributed by atoms with Crippen LogP contribution in [0.15, 0.2) is 42.5 Å². The van der Waals surface area contributed by atoms with Crippen molar-refractivity contribution in [1.29, 1.82) is 0 Å². The van der Waals surface area contributed by atoms with E-state index < -0.39 is 28.5 Å². The Morgan fingerprint density at radius 3 is 2.15 bits per heavy atom. The maximum absolute atomic E-state index is 13.6. The van der Waals surface area contributed by atoms with Gasteiger partial charge in [-0.25, -0.2) is 8.42 Å². The summed E-state index contributed by atoms with van der Waals surface area (Å²) in [7, 11) is -2.20. The number of carbonyl (C=O) groups excluding carboxylic acids is 2. The molecule has 2 aromatic carbocycles. The van der Waals surface area contributed by atoms with E-state index in [2.05, 4.69) is 5.32 Å². The summed E-state index contributed by atoms with van der Waals surface area (Å²) in [5.41, 5.74) is 2.76. The molecule has 186 valence electrons. The van der Waals surface area contributed by atoms with Crippen LogP contribution in [0, 0.1) is 13.8 Å². The van der Waals surface area contributed by atoms with Crippen LogP contribution in [0.2, 0.25) is 0 Å². The number of aryl methyl sites for hydroxylation is 2. The minimum absolute atomic E-state index is 0.147. The highest BCUT2D eigenvalue weighted by Gasteiger charge is 2.31. The molecule has 1 N–H and O–H groups in total. The van der Waals surface area contributed by atoms with E-state index in [9.17, 15) is 18.0 Å². The number of ether oxygens (including phenoxy) is 1. The van der Waals surface area contributed by atoms with E-state index in [4.69, 9.17) is 4.74 Å². The summed E-state index contributed by atoms with van der Waals surface area (Å²) in [5, 5.41) is 2.82. The molecule has 0 unspecified atom stereocenters. The fraction of sp³-hybridized carbons (Fsp3) is 0.440. The monoisotopic (exact) mass is 489 g/mol. The van der Waals surface area contributed by atoms with Crippen LogP contribution in [-0.4, -0.2) is 57.6 Å². The third-order valence-electron chi connectivity index (χ3n) is 5.60. The molecule has 0 aliphatic rings. The number of sulfonamides is 1. The van der Waals surface area contributed by atoms with Gasteiger partial charge < -0.3 is 15.0 Å². The Hall–Kier alpha value is -3.07. The Balaban J connectivity index is 2.42. The average molecular weight is 490 g/mol. The van der Waals surface area contributed by atoms with Crippen LogP contribution in [0.4, 0.5) is 5.69 Å². The fourth-order valence-electron chi connectivity index (χ4n) is 3.68. The first-order chi connectivity index (χ1) is 16.0. The van der Waals surface area contributed by atoms with Crippen molar-refractivity contribution in [3.63, 3.8) is 0 Å². The van der Waals surface area contributed by atoms with E-state index in [1.54, 1.807) is 52.1 Å². The molecule has 0 saturated heterocycles. The van der Waals surface area contributed by atoms with Crippen LogP contribution >= 0.6 is 0 Å². The minimum Gasteiger partial charge on any atom is -0.497 e. The van der Waals surface area contributed by atoms with Crippen molar-refractivity contribution in [2.75, 3.05) is 30.8 Å². The smallest absolute Gasteiger partial charge is 0.244 e. The minimum atomic E-state index is -3.76. The SMILES string of the molecule is CCCNC(=O)[C@H](C)N(Cc1ccc(OC)cc1)C(=O)CN(c1c(C)cccc1C)S(C)(=O)=O. The molecule has 0 bridgehead atoms. The maximum atomic E-state index is 13.6. The van der Waals surface area contributed by atoms with Crippen molar-refractivity contribution in [3.8, 4) is 5.75 Å². The lowest BCUT2D eigenvalue weighted by Gasteiger charge is -2.32. The Bertz CT molecular complexity index is 1080. The van der Waals surface area contributed by atoms with E-state index in [0.717, 1.165) is 33.7 Å². The number of rotatable bonds is 11. The van der Waals surface area contributed by atoms with Crippen LogP contribution in [-0.2, 0) is 26.2 Å². The molecule has 0 aliphatic carbocycles. The molecule has 34 heavy (non-hydrogen) atoms. The lowest BCUT2D eigenvalue weighted by atomic mass is 10.1. The van der Waals surface area contributed by atoms with Gasteiger partial charge in [0.05, 0.1) is 19.1 Å². The average Bonchev–Trinajstić information content (AvgIpc) is 2.79. The molecule has 0 saturated carbocycles. The Morgan fingerprint density at radius 2 is 1.65 bits per heavy atom. The van der Waals surface area contributed by atoms with Crippen LogP contribution in [0.25, 0.3) is 0 Å². The van der Waals surface area contributed by atoms with Gasteiger partial charge in [0.15, 0.2) is 0 Å². The number of nitrogens with one attached hydrogen (secondary N) is 1. The number of hydrogen-bond acceptors (Lipinski definition) is 5. The topological polar surface area (TPSA) is 96.0 Å². The van der Waals surface area contributed by atoms with Crippen LogP contribution in [0.1, 0.15) is 37.0 Å². The summed E-state index contributed by atoms with van der Waals surface area (Å²) in [4.78, 5) is 27.7. The summed E-state index contributed by atoms with van der Waals surface area (Å²) in [5.74, 6) is -0.0848. The van der Waals surface area contributed by atoms with Gasteiger partial charge in [-0.3, -0.25) is 13.9 Å². The first-order valence-corrected chi connectivity index (χ1v) is 13.1. The zero-order valence-electron chi connectivity index (χ0n) is 20.8. The van der Waals surface area contributed by atoms with Crippen molar-refractivity contribution < 1.29 is 22.7 Å². The van der Waals surface area contributed by atoms with Crippen molar-refractivity contribution in [2.45, 2.75) is 46.7 Å². The standard InChI is InChI=1S/C25H35N3O5S/c1-7-15-26-25(30)20(4)27(16-21-11-13-22(33-5)14-12-21)23(29)17-28(34(6,31)32)24-18(2)9-8-10-19(24)3/h8-14,20H,7,15-17H2,1-6H3,(H,26,30)/t20-/m0/s1. The molecular formula is C25H35N3O5S. The van der Waals surface area contributed by atoms with Gasteiger partial charge in [0.25, 0.3) is 0 Å². The predicted octanol–water partition coefficient (Wildman–Crippen LogP) is 3.02. The van der Waals surface area contributed by atoms with E-state index in [-0.39, 0.29) is 12.5 Å². The normalized spacial score (nSPS) is 12.1. The van der Waals surface area contributed by atoms with E-state index >= 15 is 0 Å². The number of hydrogen-bond donors (Lipinski definition) is 1. The van der Waals surface area contributed by atoms with Gasteiger partial charge in [-0.2, -0.15) is 0 Å². The van der Waals surface area contributed by atoms with Crippen molar-refractivity contribution in [1.82, 2.24) is 10.2 Å². The quantitative estimate of drug-likeness (QED) is 0.523. The first kappa shape index (κ1) is 27.2. The highest BCUT2D eigenvalue weighted by molar-refractivity contribution is 7.92. The molecule has 2 amide bonds. The van der Waals surface area contributed by atoms with Crippen molar-refractivity contribution in [2.24, 2.45) is 0 Å². The second-order valence-electron chi connectivity index (χ2n) is 8.35. The molecule has 0 aliphatic heterocycles. The van der Waals surface area contributed by atoms with E-state index in [1.165, 1.54) is 4.90 Å². The summed E-state index contributed by atoms with van der Waals surface area (Å²) in [6.07, 6.45) is 1.84. The predicted molar refractivity (Wildman–Crippen MR) is 134 cm³/mol. The zero-order valence-corrected chi connectivity index (χ0v) is 21.6. The zero-order chi connectivity index (χ0) is 25.5. The van der Waals surface area contributed by atoms with Gasteiger partial charge in [0.2, 0.25) is 21.8 Å². The summed E-state index contributed by atoms with van der Waals surface area (Å²) >= 11 is 0. The lowest BCUT2D eigenvalue weighted by molar-refractivity contribution is -0.139. The van der Waals surface area contributed by atoms with Gasteiger partial charge in [-0.05, 0) is 56.0 Å². The van der Waals surface area contributed by atoms with Crippen LogP contribution in [0.5, 0.6) is 5.75 Å². The highest BCUT2D eigenvalue weighted by atomic mass is 32.2. The molecule has 0 fully saturated rings. The number of amides is 2. The number of para-hydroxylation sites is 1. The molecular weight excluding hydrogens is 454 g/mol. The summed E-state index contributed by atoms with van der Waals surface area (Å²) in [6.45, 7) is 7.43. The van der Waals surface area contributed by atoms with Crippen LogP contribution < -0.4 is 14.4 Å². The second kappa shape index (κ2) is 11.9. The van der Waals surface area contributed by atoms with Gasteiger partial charge >= 0.3 is 0 Å². The molecule has 2 rings (SSSR count). The molecule has 2 aromatic rings. The third kappa shape index (κ3) is 6.96. The van der Waals surface area contributed by atoms with Gasteiger partial charge in [-0.15, -0.1) is 0 Å². The lowest BCUT2D eigenvalue weighted by Crippen LogP contribution is -2.51. The Kier molecular flexibility index (Phi) is 9.49. The molecule has 0 spiro atoms. The molecule has 9 heteroatoms. The molecule has 0 aromatic heterocycles. The molecule has 8 nitrogen and oxygen atoms in total. The van der Waals surface area contributed by atoms with Crippen molar-refractivity contribution >= 4 is 27.5 Å². The van der Waals surface area contributed by atoms with E-state index in [0.29, 0.717) is 18.0 Å². The number of carbonyl (C=O) groups is 2. The van der Waals surface area contributed by atoms with Gasteiger partial charge in [0.1, 0.15) is 18.3 Å². The highest BCUT2D eigenvalue weighted by Crippen LogP contribution is 2.27. The number of benzene rings is 2. The summed E-state index contributed by atoms with van der Waals surface area (Å²) < 4.78 is 31.8. The largest absolute Gasteiger partial charge is 0.497 e. The van der Waals surface area contributed by atoms with Crippen molar-refractivity contribution in [3.05, 3.63) is 59.2 Å². The Labute approximate surface area is 202 Å². The number of nitrogens with zero attached hydrogens (tertiary/aromatic N) is 2. The first-order valence-electron chi connectivity index (χ1n) is 11.2. The maximum Gasteiger partial charge on any atom is 0.244 e. The molecule has 1 atom stereocenters. The Morgan fingerprint density at radius 1 is 1.06 bits per heavy atom. The fourth-order valence-corrected chi connectivity index (χ4v) is 4.65. The molecule has 0 radical (unpaired) electrons. The number of methoxy groups -OCH3 is 1. The second-order valence-corrected chi connectivity index (χ2v) is 10.3. The van der Waals surface area contributed by atoms with Gasteiger partial charge in [0, 0.05) is 13.1 Å². The van der Waals surface area contributed by atoms with Crippen LogP contribution in [0.3, 0.4) is 0 Å². The van der Waals surface area contributed by atoms with E-state index in [1.807, 2.05) is 25.1 Å². The van der Waals surface area contributed by atoms with Gasteiger partial charge in [-0.1, -0.05) is 37.3 Å². The molecule has 0 heterocycles. The third-order valence-corrected chi connectivity index (χ3v) is 6.71. The summed E-state index contributed by atoms with van der Waals surface area (Å²) in [6, 6.07) is 11.8. The number of anilines is 1.